The Morgan fingerprint density at radius 1 is 1.04 bits per heavy atom. The highest BCUT2D eigenvalue weighted by Gasteiger charge is 2.40. The Bertz CT molecular complexity index is 535. The molecular weight excluding hydrogens is 344 g/mol. The van der Waals surface area contributed by atoms with Gasteiger partial charge < -0.3 is 20.4 Å². The van der Waals surface area contributed by atoms with E-state index in [1.54, 1.807) is 12.2 Å². The van der Waals surface area contributed by atoms with Gasteiger partial charge in [-0.25, -0.2) is 0 Å². The van der Waals surface area contributed by atoms with Crippen LogP contribution in [-0.4, -0.2) is 44.7 Å². The minimum Gasteiger partial charge on any atom is -0.481 e. The molecule has 0 aromatic rings. The number of hydrogen-bond acceptors (Lipinski definition) is 4. The number of allylic oxidation sites excluding steroid dienone is 5. The minimum absolute atomic E-state index is 0.0359. The highest BCUT2D eigenvalue weighted by atomic mass is 16.4. The predicted molar refractivity (Wildman–Crippen MR) is 107 cm³/mol. The molecule has 5 nitrogen and oxygen atoms in total. The molecule has 27 heavy (non-hydrogen) atoms. The van der Waals surface area contributed by atoms with E-state index < -0.39 is 24.3 Å². The standard InChI is InChI=1S/C22H34O5/c1-2-3-4-5-6-7-8-9-10-11-17(23)12-13-18-19(14-15-22(26)27)21(25)16-20(18)24/h3-4,6-7,9-10,12-13,17-21,23-25H,2,5,8,11,14-16H2,1H3,(H,26,27)/b4-3-,7-6+,10-9-,13-12+/t17-,18-,19-,20-,21+/m0/s1. The van der Waals surface area contributed by atoms with E-state index in [9.17, 15) is 20.1 Å². The number of aliphatic carboxylic acids is 1. The first-order valence-electron chi connectivity index (χ1n) is 9.85. The van der Waals surface area contributed by atoms with Crippen molar-refractivity contribution in [1.82, 2.24) is 0 Å². The number of aliphatic hydroxyl groups excluding tert-OH is 3. The molecule has 0 aliphatic heterocycles. The van der Waals surface area contributed by atoms with Gasteiger partial charge in [0.15, 0.2) is 0 Å². The molecule has 1 fully saturated rings. The van der Waals surface area contributed by atoms with Crippen molar-refractivity contribution in [2.24, 2.45) is 11.8 Å². The lowest BCUT2D eigenvalue weighted by molar-refractivity contribution is -0.137. The van der Waals surface area contributed by atoms with E-state index >= 15 is 0 Å². The Morgan fingerprint density at radius 3 is 2.30 bits per heavy atom. The monoisotopic (exact) mass is 378 g/mol. The van der Waals surface area contributed by atoms with Gasteiger partial charge in [-0.3, -0.25) is 4.79 Å². The van der Waals surface area contributed by atoms with Crippen LogP contribution in [-0.2, 0) is 4.79 Å². The highest BCUT2D eigenvalue weighted by molar-refractivity contribution is 5.66. The van der Waals surface area contributed by atoms with Gasteiger partial charge in [0, 0.05) is 18.8 Å². The van der Waals surface area contributed by atoms with Crippen LogP contribution in [0.25, 0.3) is 0 Å². The average molecular weight is 379 g/mol. The molecule has 5 atom stereocenters. The third kappa shape index (κ3) is 9.70. The zero-order valence-electron chi connectivity index (χ0n) is 16.2. The van der Waals surface area contributed by atoms with Gasteiger partial charge in [0.1, 0.15) is 0 Å². The number of rotatable bonds is 12. The molecule has 0 aromatic heterocycles. The SMILES string of the molecule is CC/C=C\C/C=C/C/C=C\C[C@H](O)/C=C/[C@H]1[C@H](CCC(=O)O)[C@H](O)C[C@@H]1O. The largest absolute Gasteiger partial charge is 0.481 e. The van der Waals surface area contributed by atoms with Gasteiger partial charge in [0.05, 0.1) is 18.3 Å². The quantitative estimate of drug-likeness (QED) is 0.390. The van der Waals surface area contributed by atoms with Crippen molar-refractivity contribution in [3.63, 3.8) is 0 Å². The third-order valence-electron chi connectivity index (χ3n) is 4.82. The molecule has 0 amide bonds. The fourth-order valence-electron chi connectivity index (χ4n) is 3.35. The zero-order valence-corrected chi connectivity index (χ0v) is 16.2. The van der Waals surface area contributed by atoms with E-state index in [2.05, 4.69) is 31.2 Å². The molecule has 1 aliphatic rings. The maximum Gasteiger partial charge on any atom is 0.303 e. The van der Waals surface area contributed by atoms with E-state index in [1.807, 2.05) is 12.2 Å². The van der Waals surface area contributed by atoms with E-state index in [0.29, 0.717) is 12.8 Å². The Kier molecular flexibility index (Phi) is 11.7. The molecule has 0 unspecified atom stereocenters. The summed E-state index contributed by atoms with van der Waals surface area (Å²) >= 11 is 0. The fourth-order valence-corrected chi connectivity index (χ4v) is 3.35. The second-order valence-electron chi connectivity index (χ2n) is 7.03. The van der Waals surface area contributed by atoms with Crippen LogP contribution in [0.4, 0.5) is 0 Å². The number of hydrogen-bond donors (Lipinski definition) is 4. The molecule has 0 saturated heterocycles. The molecule has 4 N–H and O–H groups in total. The molecule has 1 aliphatic carbocycles. The lowest BCUT2D eigenvalue weighted by Crippen LogP contribution is -2.22. The van der Waals surface area contributed by atoms with Crippen molar-refractivity contribution in [3.8, 4) is 0 Å². The van der Waals surface area contributed by atoms with E-state index in [-0.39, 0.29) is 24.7 Å². The number of carboxylic acid groups (broad SMARTS) is 1. The van der Waals surface area contributed by atoms with E-state index in [1.165, 1.54) is 0 Å². The molecule has 0 heterocycles. The maximum absolute atomic E-state index is 10.8. The average Bonchev–Trinajstić information content (AvgIpc) is 2.89. The van der Waals surface area contributed by atoms with Gasteiger partial charge in [-0.2, -0.15) is 0 Å². The molecule has 0 aromatic carbocycles. The molecule has 1 saturated carbocycles. The van der Waals surface area contributed by atoms with E-state index in [4.69, 9.17) is 5.11 Å². The van der Waals surface area contributed by atoms with Gasteiger partial charge in [-0.05, 0) is 38.0 Å². The van der Waals surface area contributed by atoms with Gasteiger partial charge >= 0.3 is 5.97 Å². The molecule has 0 radical (unpaired) electrons. The molecule has 0 spiro atoms. The number of carboxylic acids is 1. The summed E-state index contributed by atoms with van der Waals surface area (Å²) in [6.45, 7) is 2.11. The van der Waals surface area contributed by atoms with Crippen molar-refractivity contribution in [2.45, 2.75) is 70.2 Å². The fraction of sp³-hybridized carbons (Fsp3) is 0.591. The van der Waals surface area contributed by atoms with Gasteiger partial charge in [-0.15, -0.1) is 0 Å². The van der Waals surface area contributed by atoms with Crippen LogP contribution in [0.15, 0.2) is 48.6 Å². The van der Waals surface area contributed by atoms with Crippen molar-refractivity contribution in [2.75, 3.05) is 0 Å². The van der Waals surface area contributed by atoms with Crippen molar-refractivity contribution < 1.29 is 25.2 Å². The third-order valence-corrected chi connectivity index (χ3v) is 4.82. The van der Waals surface area contributed by atoms with Crippen LogP contribution >= 0.6 is 0 Å². The van der Waals surface area contributed by atoms with Crippen LogP contribution < -0.4 is 0 Å². The van der Waals surface area contributed by atoms with Crippen LogP contribution in [0.3, 0.4) is 0 Å². The molecule has 1 rings (SSSR count). The first kappa shape index (κ1) is 23.3. The first-order chi connectivity index (χ1) is 13.0. The highest BCUT2D eigenvalue weighted by Crippen LogP contribution is 2.36. The molecule has 152 valence electrons. The molecule has 0 bridgehead atoms. The van der Waals surface area contributed by atoms with Crippen molar-refractivity contribution in [1.29, 1.82) is 0 Å². The smallest absolute Gasteiger partial charge is 0.303 e. The van der Waals surface area contributed by atoms with Crippen molar-refractivity contribution >= 4 is 5.97 Å². The summed E-state index contributed by atoms with van der Waals surface area (Å²) in [4.78, 5) is 10.8. The summed E-state index contributed by atoms with van der Waals surface area (Å²) in [6.07, 6.45) is 17.5. The molecule has 5 heteroatoms. The van der Waals surface area contributed by atoms with Crippen molar-refractivity contribution in [3.05, 3.63) is 48.6 Å². The normalized spacial score (nSPS) is 27.6. The van der Waals surface area contributed by atoms with Gasteiger partial charge in [0.2, 0.25) is 0 Å². The van der Waals surface area contributed by atoms with Crippen LogP contribution in [0.2, 0.25) is 0 Å². The summed E-state index contributed by atoms with van der Waals surface area (Å²) in [5.41, 5.74) is 0. The van der Waals surface area contributed by atoms with Crippen LogP contribution in [0, 0.1) is 11.8 Å². The summed E-state index contributed by atoms with van der Waals surface area (Å²) in [7, 11) is 0. The summed E-state index contributed by atoms with van der Waals surface area (Å²) in [5, 5.41) is 39.0. The van der Waals surface area contributed by atoms with Gasteiger partial charge in [0.25, 0.3) is 0 Å². The summed E-state index contributed by atoms with van der Waals surface area (Å²) in [5.74, 6) is -1.52. The summed E-state index contributed by atoms with van der Waals surface area (Å²) in [6, 6.07) is 0. The number of carbonyl (C=O) groups is 1. The Balaban J connectivity index is 2.39. The van der Waals surface area contributed by atoms with Crippen LogP contribution in [0.1, 0.15) is 51.9 Å². The predicted octanol–water partition coefficient (Wildman–Crippen LogP) is 3.38. The second-order valence-corrected chi connectivity index (χ2v) is 7.03. The minimum atomic E-state index is -0.910. The Morgan fingerprint density at radius 2 is 1.67 bits per heavy atom. The topological polar surface area (TPSA) is 98.0 Å². The first-order valence-corrected chi connectivity index (χ1v) is 9.85. The Labute approximate surface area is 162 Å². The van der Waals surface area contributed by atoms with Gasteiger partial charge in [-0.1, -0.05) is 55.5 Å². The lowest BCUT2D eigenvalue weighted by Gasteiger charge is -2.20. The number of aliphatic hydroxyl groups is 3. The maximum atomic E-state index is 10.8. The lowest BCUT2D eigenvalue weighted by atomic mass is 9.88. The zero-order chi connectivity index (χ0) is 20.1. The Hall–Kier alpha value is -1.69. The second kappa shape index (κ2) is 13.5. The molecular formula is C22H34O5. The van der Waals surface area contributed by atoms with E-state index in [0.717, 1.165) is 19.3 Å². The van der Waals surface area contributed by atoms with Crippen LogP contribution in [0.5, 0.6) is 0 Å². The summed E-state index contributed by atoms with van der Waals surface area (Å²) < 4.78 is 0.